The minimum Gasteiger partial charge on any atom is -0.369 e. The van der Waals surface area contributed by atoms with Crippen molar-refractivity contribution in [1.29, 1.82) is 0 Å². The summed E-state index contributed by atoms with van der Waals surface area (Å²) in [5.74, 6) is -0.213. The Kier molecular flexibility index (Phi) is 6.44. The molecule has 1 fully saturated rings. The van der Waals surface area contributed by atoms with Gasteiger partial charge in [-0.25, -0.2) is 0 Å². The summed E-state index contributed by atoms with van der Waals surface area (Å²) in [6.45, 7) is 4.23. The largest absolute Gasteiger partial charge is 0.369 e. The summed E-state index contributed by atoms with van der Waals surface area (Å²) in [4.78, 5) is 16.9. The molecule has 26 heavy (non-hydrogen) atoms. The van der Waals surface area contributed by atoms with Gasteiger partial charge in [0.05, 0.1) is 0 Å². The lowest BCUT2D eigenvalue weighted by molar-refractivity contribution is 0.0977. The van der Waals surface area contributed by atoms with Crippen LogP contribution in [0.5, 0.6) is 0 Å². The number of halogens is 1. The maximum atomic E-state index is 12.2. The van der Waals surface area contributed by atoms with Gasteiger partial charge in [0.2, 0.25) is 0 Å². The van der Waals surface area contributed by atoms with Crippen molar-refractivity contribution >= 4 is 57.2 Å². The predicted octanol–water partition coefficient (Wildman–Crippen LogP) is 3.17. The predicted molar refractivity (Wildman–Crippen MR) is 119 cm³/mol. The number of rotatable bonds is 3. The van der Waals surface area contributed by atoms with E-state index >= 15 is 0 Å². The summed E-state index contributed by atoms with van der Waals surface area (Å²) < 4.78 is 1.01. The number of benzene rings is 2. The van der Waals surface area contributed by atoms with Gasteiger partial charge in [0.15, 0.2) is 5.11 Å². The summed E-state index contributed by atoms with van der Waals surface area (Å²) in [5.41, 5.74) is 2.65. The fourth-order valence-corrected chi connectivity index (χ4v) is 3.54. The van der Waals surface area contributed by atoms with Gasteiger partial charge in [0.1, 0.15) is 0 Å². The van der Waals surface area contributed by atoms with Gasteiger partial charge in [-0.2, -0.15) is 0 Å². The molecule has 5 nitrogen and oxygen atoms in total. The first-order valence-corrected chi connectivity index (χ1v) is 9.91. The molecule has 1 aliphatic rings. The molecule has 1 saturated heterocycles. The van der Waals surface area contributed by atoms with Crippen LogP contribution in [-0.4, -0.2) is 49.1 Å². The van der Waals surface area contributed by atoms with Crippen molar-refractivity contribution in [2.45, 2.75) is 0 Å². The number of anilines is 2. The lowest BCUT2D eigenvalue weighted by atomic mass is 10.2. The molecule has 1 heterocycles. The van der Waals surface area contributed by atoms with Crippen molar-refractivity contribution in [2.75, 3.05) is 43.4 Å². The lowest BCUT2D eigenvalue weighted by Gasteiger charge is -2.34. The first kappa shape index (κ1) is 19.1. The molecule has 0 atom stereocenters. The van der Waals surface area contributed by atoms with E-state index in [1.165, 1.54) is 5.69 Å². The highest BCUT2D eigenvalue weighted by atomic mass is 127. The third-order valence-electron chi connectivity index (χ3n) is 4.31. The van der Waals surface area contributed by atoms with E-state index in [4.69, 9.17) is 12.2 Å². The minimum absolute atomic E-state index is 0.213. The number of likely N-dealkylation sites (N-methyl/N-ethyl adjacent to an activating group) is 1. The lowest BCUT2D eigenvalue weighted by Crippen LogP contribution is -2.44. The van der Waals surface area contributed by atoms with Crippen LogP contribution in [0.4, 0.5) is 11.4 Å². The molecule has 0 saturated carbocycles. The Labute approximate surface area is 172 Å². The Morgan fingerprint density at radius 2 is 1.77 bits per heavy atom. The van der Waals surface area contributed by atoms with Gasteiger partial charge in [-0.1, -0.05) is 6.07 Å². The Balaban J connectivity index is 1.55. The van der Waals surface area contributed by atoms with Crippen LogP contribution in [0.2, 0.25) is 0 Å². The van der Waals surface area contributed by atoms with E-state index in [2.05, 4.69) is 62.2 Å². The normalized spacial score (nSPS) is 14.8. The van der Waals surface area contributed by atoms with Crippen LogP contribution < -0.4 is 15.5 Å². The molecule has 7 heteroatoms. The van der Waals surface area contributed by atoms with Crippen LogP contribution in [0, 0.1) is 3.57 Å². The third-order valence-corrected chi connectivity index (χ3v) is 5.18. The molecule has 0 aliphatic carbocycles. The van der Waals surface area contributed by atoms with E-state index in [0.717, 1.165) is 35.4 Å². The van der Waals surface area contributed by atoms with Gasteiger partial charge in [0, 0.05) is 46.7 Å². The number of nitrogens with zero attached hydrogens (tertiary/aromatic N) is 2. The highest BCUT2D eigenvalue weighted by molar-refractivity contribution is 14.1. The summed E-state index contributed by atoms with van der Waals surface area (Å²) in [7, 11) is 2.15. The van der Waals surface area contributed by atoms with Crippen molar-refractivity contribution in [1.82, 2.24) is 10.2 Å². The summed E-state index contributed by atoms with van der Waals surface area (Å²) in [6.07, 6.45) is 0. The molecule has 0 aromatic heterocycles. The zero-order valence-electron chi connectivity index (χ0n) is 14.5. The molecule has 0 unspecified atom stereocenters. The number of amides is 1. The second-order valence-corrected chi connectivity index (χ2v) is 7.91. The van der Waals surface area contributed by atoms with Crippen molar-refractivity contribution in [3.05, 3.63) is 57.7 Å². The highest BCUT2D eigenvalue weighted by Crippen LogP contribution is 2.19. The fraction of sp³-hybridized carbons (Fsp3) is 0.263. The molecular weight excluding hydrogens is 459 g/mol. The minimum atomic E-state index is -0.213. The standard InChI is InChI=1S/C19H21IN4OS/c1-23-9-11-24(12-10-23)17-7-5-16(6-8-17)21-19(26)22-18(25)14-3-2-4-15(20)13-14/h2-8,13H,9-12H2,1H3,(H2,21,22,25,26). The van der Waals surface area contributed by atoms with Gasteiger partial charge in [-0.3, -0.25) is 10.1 Å². The quantitative estimate of drug-likeness (QED) is 0.522. The maximum absolute atomic E-state index is 12.2. The second kappa shape index (κ2) is 8.79. The molecule has 0 spiro atoms. The van der Waals surface area contributed by atoms with Crippen LogP contribution in [0.1, 0.15) is 10.4 Å². The van der Waals surface area contributed by atoms with Gasteiger partial charge in [0.25, 0.3) is 5.91 Å². The molecule has 2 aromatic carbocycles. The maximum Gasteiger partial charge on any atom is 0.257 e. The molecule has 0 radical (unpaired) electrons. The van der Waals surface area contributed by atoms with Crippen molar-refractivity contribution in [2.24, 2.45) is 0 Å². The van der Waals surface area contributed by atoms with Gasteiger partial charge >= 0.3 is 0 Å². The van der Waals surface area contributed by atoms with E-state index < -0.39 is 0 Å². The number of piperazine rings is 1. The molecular formula is C19H21IN4OS. The highest BCUT2D eigenvalue weighted by Gasteiger charge is 2.14. The third kappa shape index (κ3) is 5.15. The number of hydrogen-bond donors (Lipinski definition) is 2. The Morgan fingerprint density at radius 3 is 2.42 bits per heavy atom. The number of carbonyl (C=O) groups is 1. The summed E-state index contributed by atoms with van der Waals surface area (Å²) >= 11 is 7.43. The molecule has 1 amide bonds. The molecule has 0 bridgehead atoms. The van der Waals surface area contributed by atoms with E-state index in [1.807, 2.05) is 30.3 Å². The Bertz CT molecular complexity index is 788. The van der Waals surface area contributed by atoms with Crippen molar-refractivity contribution < 1.29 is 4.79 Å². The number of nitrogens with one attached hydrogen (secondary N) is 2. The van der Waals surface area contributed by atoms with Crippen molar-refractivity contribution in [3.63, 3.8) is 0 Å². The molecule has 1 aliphatic heterocycles. The molecule has 2 N–H and O–H groups in total. The fourth-order valence-electron chi connectivity index (χ4n) is 2.79. The zero-order valence-corrected chi connectivity index (χ0v) is 17.5. The average molecular weight is 480 g/mol. The van der Waals surface area contributed by atoms with E-state index in [9.17, 15) is 4.79 Å². The SMILES string of the molecule is CN1CCN(c2ccc(NC(=S)NC(=O)c3cccc(I)c3)cc2)CC1. The number of hydrogen-bond acceptors (Lipinski definition) is 4. The van der Waals surface area contributed by atoms with Crippen LogP contribution in [0.3, 0.4) is 0 Å². The number of thiocarbonyl (C=S) groups is 1. The van der Waals surface area contributed by atoms with Gasteiger partial charge in [-0.15, -0.1) is 0 Å². The Morgan fingerprint density at radius 1 is 1.08 bits per heavy atom. The summed E-state index contributed by atoms with van der Waals surface area (Å²) in [6, 6.07) is 15.5. The van der Waals surface area contributed by atoms with Crippen LogP contribution in [0.15, 0.2) is 48.5 Å². The van der Waals surface area contributed by atoms with Crippen LogP contribution >= 0.6 is 34.8 Å². The van der Waals surface area contributed by atoms with Crippen LogP contribution in [-0.2, 0) is 0 Å². The number of carbonyl (C=O) groups excluding carboxylic acids is 1. The van der Waals surface area contributed by atoms with Gasteiger partial charge < -0.3 is 15.1 Å². The van der Waals surface area contributed by atoms with E-state index in [1.54, 1.807) is 6.07 Å². The average Bonchev–Trinajstić information content (AvgIpc) is 2.63. The molecule has 3 rings (SSSR count). The first-order valence-electron chi connectivity index (χ1n) is 8.43. The smallest absolute Gasteiger partial charge is 0.257 e. The van der Waals surface area contributed by atoms with Gasteiger partial charge in [-0.05, 0) is 84.3 Å². The first-order chi connectivity index (χ1) is 12.5. The van der Waals surface area contributed by atoms with Crippen molar-refractivity contribution in [3.8, 4) is 0 Å². The zero-order chi connectivity index (χ0) is 18.5. The summed E-state index contributed by atoms with van der Waals surface area (Å²) in [5, 5.41) is 6.07. The Hall–Kier alpha value is -1.71. The second-order valence-electron chi connectivity index (χ2n) is 6.26. The van der Waals surface area contributed by atoms with E-state index in [0.29, 0.717) is 10.7 Å². The van der Waals surface area contributed by atoms with E-state index in [-0.39, 0.29) is 5.91 Å². The monoisotopic (exact) mass is 480 g/mol. The molecule has 2 aromatic rings. The van der Waals surface area contributed by atoms with Crippen LogP contribution in [0.25, 0.3) is 0 Å². The topological polar surface area (TPSA) is 47.6 Å². The molecule has 136 valence electrons.